The summed E-state index contributed by atoms with van der Waals surface area (Å²) < 4.78 is 15.5. The van der Waals surface area contributed by atoms with Gasteiger partial charge in [0.2, 0.25) is 17.5 Å². The second-order valence-corrected chi connectivity index (χ2v) is 17.5. The van der Waals surface area contributed by atoms with E-state index >= 15 is 4.39 Å². The van der Waals surface area contributed by atoms with Gasteiger partial charge < -0.3 is 14.7 Å². The van der Waals surface area contributed by atoms with Crippen LogP contribution in [0, 0.1) is 17.8 Å². The Hall–Kier alpha value is -5.17. The van der Waals surface area contributed by atoms with Gasteiger partial charge in [-0.15, -0.1) is 0 Å². The molecule has 3 aromatic rings. The first-order chi connectivity index (χ1) is 28.5. The minimum Gasteiger partial charge on any atom is -0.369 e. The molecular weight excluding hydrogens is 775 g/mol. The van der Waals surface area contributed by atoms with E-state index < -0.39 is 35.5 Å². The number of carbonyl (C=O) groups excluding carboxylic acids is 4. The molecule has 6 aliphatic heterocycles. The van der Waals surface area contributed by atoms with Crippen LogP contribution in [-0.4, -0.2) is 125 Å². The summed E-state index contributed by atoms with van der Waals surface area (Å²) in [6, 6.07) is 8.09. The quantitative estimate of drug-likeness (QED) is 0.258. The molecule has 2 atom stereocenters. The summed E-state index contributed by atoms with van der Waals surface area (Å²) in [5.41, 5.74) is 3.23. The Bertz CT molecular complexity index is 2210. The molecule has 0 radical (unpaired) electrons. The summed E-state index contributed by atoms with van der Waals surface area (Å²) >= 11 is 6.38. The molecule has 0 aliphatic carbocycles. The van der Waals surface area contributed by atoms with Crippen LogP contribution < -0.4 is 20.0 Å². The van der Waals surface area contributed by atoms with Gasteiger partial charge in [0.25, 0.3) is 11.8 Å². The van der Waals surface area contributed by atoms with Crippen LogP contribution in [0.3, 0.4) is 0 Å². The molecule has 7 heterocycles. The maximum Gasteiger partial charge on any atom is 0.262 e. The van der Waals surface area contributed by atoms with E-state index in [1.54, 1.807) is 0 Å². The number of hydrogen-bond acceptors (Lipinski definition) is 11. The van der Waals surface area contributed by atoms with Crippen LogP contribution in [0.15, 0.2) is 42.7 Å². The number of hydrogen-bond donors (Lipinski definition) is 1. The highest BCUT2D eigenvalue weighted by molar-refractivity contribution is 6.33. The number of imide groups is 2. The average molecular weight is 823 g/mol. The van der Waals surface area contributed by atoms with Crippen LogP contribution >= 0.6 is 11.6 Å². The number of benzene rings is 2. The zero-order valence-corrected chi connectivity index (χ0v) is 34.0. The SMILES string of the molecule is [C-]#[N+]c1ccc(N2CC3(CCN(c4cnc(CN5CCC(N6CCN(c7cc8c(cc7F)C(=O)N(C7CCC(=O)NC7=O)C8=O)CC6)CC5)nc4)CC3)C[C@@H]2C)cc1Cl. The molecule has 16 heteroatoms. The largest absolute Gasteiger partial charge is 0.369 e. The smallest absolute Gasteiger partial charge is 0.262 e. The summed E-state index contributed by atoms with van der Waals surface area (Å²) in [7, 11) is 0. The molecule has 5 saturated heterocycles. The van der Waals surface area contributed by atoms with Crippen molar-refractivity contribution >= 4 is 58.0 Å². The second kappa shape index (κ2) is 15.8. The molecule has 1 N–H and O–H groups in total. The molecule has 59 heavy (non-hydrogen) atoms. The minimum atomic E-state index is -1.09. The van der Waals surface area contributed by atoms with Crippen molar-refractivity contribution in [1.29, 1.82) is 0 Å². The van der Waals surface area contributed by atoms with E-state index in [1.165, 1.54) is 6.07 Å². The van der Waals surface area contributed by atoms with Crippen molar-refractivity contribution in [2.75, 3.05) is 73.6 Å². The predicted octanol–water partition coefficient (Wildman–Crippen LogP) is 4.89. The number of nitrogens with zero attached hydrogens (tertiary/aromatic N) is 9. The molecular formula is C43H48ClFN10O4. The number of carbonyl (C=O) groups is 4. The van der Waals surface area contributed by atoms with Crippen LogP contribution in [-0.2, 0) is 16.1 Å². The molecule has 14 nitrogen and oxygen atoms in total. The van der Waals surface area contributed by atoms with Gasteiger partial charge in [0.05, 0.1) is 48.0 Å². The highest BCUT2D eigenvalue weighted by Crippen LogP contribution is 2.46. The Morgan fingerprint density at radius 3 is 2.24 bits per heavy atom. The summed E-state index contributed by atoms with van der Waals surface area (Å²) in [6.45, 7) is 17.8. The van der Waals surface area contributed by atoms with E-state index in [1.807, 2.05) is 35.5 Å². The normalized spacial score (nSPS) is 24.2. The number of rotatable bonds is 7. The number of piperazine rings is 1. The molecule has 1 unspecified atom stereocenters. The first-order valence-electron chi connectivity index (χ1n) is 20.8. The van der Waals surface area contributed by atoms with Crippen LogP contribution in [0.1, 0.15) is 78.4 Å². The first kappa shape index (κ1) is 39.3. The molecule has 6 aliphatic rings. The van der Waals surface area contributed by atoms with Crippen LogP contribution in [0.2, 0.25) is 5.02 Å². The standard InChI is InChI=1S/C43H48ClFN10O4/c1-27-22-43(26-54(27)29-3-4-35(46-2)33(44)19-29)9-13-51(14-10-43)30-23-47-38(48-24-30)25-50-11-7-28(8-12-50)52-15-17-53(18-16-52)37-21-32-31(20-34(37)45)41(58)55(42(32)59)36-5-6-39(56)49-40(36)57/h3-4,19-21,23-24,27-28,36H,5-18,22,25-26H2,1H3,(H,49,56,57)/t27-,36?/m0/s1. The minimum absolute atomic E-state index is 0.0252. The molecule has 0 bridgehead atoms. The fraction of sp³-hybridized carbons (Fsp3) is 0.512. The van der Waals surface area contributed by atoms with Crippen molar-refractivity contribution < 1.29 is 23.6 Å². The maximum absolute atomic E-state index is 15.5. The van der Waals surface area contributed by atoms with E-state index in [9.17, 15) is 19.2 Å². The average Bonchev–Trinajstić information content (AvgIpc) is 3.68. The van der Waals surface area contributed by atoms with Gasteiger partial charge in [0.1, 0.15) is 17.7 Å². The number of anilines is 3. The first-order valence-corrected chi connectivity index (χ1v) is 21.1. The number of amides is 4. The Labute approximate surface area is 348 Å². The Balaban J connectivity index is 0.730. The summed E-state index contributed by atoms with van der Waals surface area (Å²) in [5, 5.41) is 2.70. The lowest BCUT2D eigenvalue weighted by Crippen LogP contribution is -2.54. The predicted molar refractivity (Wildman–Crippen MR) is 220 cm³/mol. The van der Waals surface area contributed by atoms with E-state index in [-0.39, 0.29) is 35.1 Å². The summed E-state index contributed by atoms with van der Waals surface area (Å²) in [6.07, 6.45) is 9.41. The van der Waals surface area contributed by atoms with E-state index in [4.69, 9.17) is 28.1 Å². The third-order valence-electron chi connectivity index (χ3n) is 13.6. The van der Waals surface area contributed by atoms with Gasteiger partial charge in [-0.05, 0) is 75.1 Å². The molecule has 1 aromatic heterocycles. The Kier molecular flexibility index (Phi) is 10.5. The number of piperidine rings is 3. The Morgan fingerprint density at radius 2 is 1.58 bits per heavy atom. The summed E-state index contributed by atoms with van der Waals surface area (Å²) in [5.74, 6) is -2.22. The zero-order valence-electron chi connectivity index (χ0n) is 33.2. The van der Waals surface area contributed by atoms with E-state index in [2.05, 4.69) is 36.7 Å². The fourth-order valence-electron chi connectivity index (χ4n) is 10.3. The lowest BCUT2D eigenvalue weighted by Gasteiger charge is -2.43. The summed E-state index contributed by atoms with van der Waals surface area (Å²) in [4.78, 5) is 76.2. The Morgan fingerprint density at radius 1 is 0.881 bits per heavy atom. The van der Waals surface area contributed by atoms with Crippen LogP contribution in [0.4, 0.5) is 27.1 Å². The third-order valence-corrected chi connectivity index (χ3v) is 13.9. The molecule has 9 rings (SSSR count). The van der Waals surface area contributed by atoms with Gasteiger partial charge in [0.15, 0.2) is 0 Å². The van der Waals surface area contributed by atoms with Crippen LogP contribution in [0.25, 0.3) is 4.85 Å². The molecule has 1 spiro atoms. The van der Waals surface area contributed by atoms with Crippen molar-refractivity contribution in [3.63, 3.8) is 0 Å². The number of halogens is 2. The zero-order chi connectivity index (χ0) is 41.0. The van der Waals surface area contributed by atoms with Gasteiger partial charge in [-0.1, -0.05) is 17.7 Å². The van der Waals surface area contributed by atoms with Crippen molar-refractivity contribution in [2.24, 2.45) is 5.41 Å². The topological polar surface area (TPSA) is 130 Å². The molecule has 0 saturated carbocycles. The van der Waals surface area contributed by atoms with Gasteiger partial charge in [-0.2, -0.15) is 0 Å². The van der Waals surface area contributed by atoms with Gasteiger partial charge in [-0.25, -0.2) is 19.2 Å². The lowest BCUT2D eigenvalue weighted by molar-refractivity contribution is -0.136. The second-order valence-electron chi connectivity index (χ2n) is 17.1. The number of aromatic nitrogens is 2. The number of fused-ring (bicyclic) bond motifs is 1. The lowest BCUT2D eigenvalue weighted by atomic mass is 9.76. The molecule has 2 aromatic carbocycles. The molecule has 308 valence electrons. The van der Waals surface area contributed by atoms with Crippen molar-refractivity contribution in [1.82, 2.24) is 30.0 Å². The maximum atomic E-state index is 15.5. The van der Waals surface area contributed by atoms with E-state index in [0.717, 1.165) is 106 Å². The fourth-order valence-corrected chi connectivity index (χ4v) is 10.5. The van der Waals surface area contributed by atoms with Gasteiger partial charge >= 0.3 is 0 Å². The highest BCUT2D eigenvalue weighted by Gasteiger charge is 2.46. The van der Waals surface area contributed by atoms with Crippen molar-refractivity contribution in [2.45, 2.75) is 76.5 Å². The number of nitrogens with one attached hydrogen (secondary N) is 1. The van der Waals surface area contributed by atoms with Crippen molar-refractivity contribution in [3.05, 3.63) is 81.9 Å². The number of likely N-dealkylation sites (tertiary alicyclic amines) is 1. The molecule has 4 amide bonds. The monoisotopic (exact) mass is 822 g/mol. The third kappa shape index (κ3) is 7.51. The van der Waals surface area contributed by atoms with Gasteiger partial charge in [0, 0.05) is 88.1 Å². The highest BCUT2D eigenvalue weighted by atomic mass is 35.5. The van der Waals surface area contributed by atoms with E-state index in [0.29, 0.717) is 42.4 Å². The van der Waals surface area contributed by atoms with Crippen LogP contribution in [0.5, 0.6) is 0 Å². The molecule has 5 fully saturated rings. The van der Waals surface area contributed by atoms with Crippen molar-refractivity contribution in [3.8, 4) is 0 Å². The van der Waals surface area contributed by atoms with Gasteiger partial charge in [-0.3, -0.25) is 39.2 Å².